The molecule has 1 amide bonds. The van der Waals surface area contributed by atoms with Gasteiger partial charge in [-0.2, -0.15) is 5.26 Å². The lowest BCUT2D eigenvalue weighted by Gasteiger charge is -2.07. The van der Waals surface area contributed by atoms with E-state index in [0.717, 1.165) is 18.2 Å². The third-order valence-corrected chi connectivity index (χ3v) is 3.83. The quantitative estimate of drug-likeness (QED) is 0.340. The van der Waals surface area contributed by atoms with Crippen molar-refractivity contribution in [3.8, 4) is 11.8 Å². The number of para-hydroxylation sites is 1. The average molecular weight is 420 g/mol. The number of nitriles is 1. The summed E-state index contributed by atoms with van der Waals surface area (Å²) in [7, 11) is 1.28. The van der Waals surface area contributed by atoms with Gasteiger partial charge in [0.25, 0.3) is 5.91 Å². The van der Waals surface area contributed by atoms with Gasteiger partial charge in [-0.3, -0.25) is 14.9 Å². The summed E-state index contributed by atoms with van der Waals surface area (Å²) in [4.78, 5) is 22.7. The van der Waals surface area contributed by atoms with E-state index < -0.39 is 16.6 Å². The van der Waals surface area contributed by atoms with Gasteiger partial charge in [-0.15, -0.1) is 0 Å². The SMILES string of the molecule is COc1c(Br)cc(/C=C(/C#N)C(=O)Nc2ccccc2F)cc1[N+](=O)[O-]. The number of amides is 1. The summed E-state index contributed by atoms with van der Waals surface area (Å²) >= 11 is 3.15. The van der Waals surface area contributed by atoms with Crippen molar-refractivity contribution < 1.29 is 18.8 Å². The molecule has 0 radical (unpaired) electrons. The number of nitro benzene ring substituents is 1. The van der Waals surface area contributed by atoms with Crippen LogP contribution in [0.1, 0.15) is 5.56 Å². The Hall–Kier alpha value is -3.25. The van der Waals surface area contributed by atoms with Crippen molar-refractivity contribution in [3.05, 3.63) is 67.9 Å². The molecule has 0 aliphatic heterocycles. The van der Waals surface area contributed by atoms with Crippen molar-refractivity contribution in [1.29, 1.82) is 5.26 Å². The predicted octanol–water partition coefficient (Wildman–Crippen LogP) is 4.05. The van der Waals surface area contributed by atoms with E-state index in [4.69, 9.17) is 4.74 Å². The van der Waals surface area contributed by atoms with Crippen LogP contribution in [0.4, 0.5) is 15.8 Å². The van der Waals surface area contributed by atoms with E-state index in [1.54, 1.807) is 6.07 Å². The van der Waals surface area contributed by atoms with E-state index in [-0.39, 0.29) is 32.7 Å². The fraction of sp³-hybridized carbons (Fsp3) is 0.0588. The molecule has 0 bridgehead atoms. The first kappa shape index (κ1) is 19.1. The molecule has 0 aromatic heterocycles. The molecule has 7 nitrogen and oxygen atoms in total. The standard InChI is InChI=1S/C17H11BrFN3O4/c1-26-16-12(18)7-10(8-15(16)22(24)25)6-11(9-20)17(23)21-14-5-3-2-4-13(14)19/h2-8H,1H3,(H,21,23)/b11-6-. The minimum atomic E-state index is -0.841. The lowest BCUT2D eigenvalue weighted by molar-refractivity contribution is -0.385. The number of hydrogen-bond donors (Lipinski definition) is 1. The maximum absolute atomic E-state index is 13.6. The summed E-state index contributed by atoms with van der Waals surface area (Å²) in [5, 5.41) is 22.6. The largest absolute Gasteiger partial charge is 0.489 e. The van der Waals surface area contributed by atoms with Crippen molar-refractivity contribution in [3.63, 3.8) is 0 Å². The zero-order valence-corrected chi connectivity index (χ0v) is 14.9. The van der Waals surface area contributed by atoms with E-state index in [1.165, 1.54) is 31.4 Å². The Morgan fingerprint density at radius 2 is 2.12 bits per heavy atom. The van der Waals surface area contributed by atoms with Crippen LogP contribution in [-0.2, 0) is 4.79 Å². The van der Waals surface area contributed by atoms with Crippen LogP contribution in [0.5, 0.6) is 5.75 Å². The van der Waals surface area contributed by atoms with Crippen molar-refractivity contribution >= 4 is 39.3 Å². The third kappa shape index (κ3) is 4.23. The zero-order valence-electron chi connectivity index (χ0n) is 13.3. The van der Waals surface area contributed by atoms with E-state index in [2.05, 4.69) is 21.2 Å². The molecule has 0 saturated carbocycles. The number of ether oxygens (including phenoxy) is 1. The average Bonchev–Trinajstić information content (AvgIpc) is 2.60. The van der Waals surface area contributed by atoms with Gasteiger partial charge in [0, 0.05) is 6.07 Å². The number of nitro groups is 1. The van der Waals surface area contributed by atoms with Gasteiger partial charge in [0.2, 0.25) is 5.75 Å². The Morgan fingerprint density at radius 1 is 1.42 bits per heavy atom. The van der Waals surface area contributed by atoms with Gasteiger partial charge in [0.15, 0.2) is 0 Å². The van der Waals surface area contributed by atoms with Crippen LogP contribution in [0, 0.1) is 27.3 Å². The van der Waals surface area contributed by atoms with Crippen LogP contribution in [0.15, 0.2) is 46.4 Å². The number of carbonyl (C=O) groups is 1. The second-order valence-corrected chi connectivity index (χ2v) is 5.77. The minimum Gasteiger partial charge on any atom is -0.489 e. The molecule has 0 saturated heterocycles. The van der Waals surface area contributed by atoms with Gasteiger partial charge in [0.1, 0.15) is 17.5 Å². The lowest BCUT2D eigenvalue weighted by Crippen LogP contribution is -2.14. The molecule has 0 fully saturated rings. The van der Waals surface area contributed by atoms with Gasteiger partial charge >= 0.3 is 5.69 Å². The van der Waals surface area contributed by atoms with Gasteiger partial charge in [-0.25, -0.2) is 4.39 Å². The molecule has 9 heteroatoms. The molecule has 0 aliphatic rings. The summed E-state index contributed by atoms with van der Waals surface area (Å²) < 4.78 is 18.9. The number of carbonyl (C=O) groups excluding carboxylic acids is 1. The maximum atomic E-state index is 13.6. The predicted molar refractivity (Wildman–Crippen MR) is 96.0 cm³/mol. The summed E-state index contributed by atoms with van der Waals surface area (Å²) in [6.07, 6.45) is 1.16. The first-order chi connectivity index (χ1) is 12.4. The summed E-state index contributed by atoms with van der Waals surface area (Å²) in [5.41, 5.74) is -0.537. The molecule has 2 rings (SSSR count). The van der Waals surface area contributed by atoms with Crippen molar-refractivity contribution in [1.82, 2.24) is 0 Å². The second-order valence-electron chi connectivity index (χ2n) is 4.92. The Bertz CT molecular complexity index is 954. The highest BCUT2D eigenvalue weighted by Gasteiger charge is 2.20. The van der Waals surface area contributed by atoms with Gasteiger partial charge in [0.05, 0.1) is 22.2 Å². The first-order valence-electron chi connectivity index (χ1n) is 7.07. The molecule has 0 unspecified atom stereocenters. The van der Waals surface area contributed by atoms with E-state index in [0.29, 0.717) is 0 Å². The Labute approximate surface area is 156 Å². The Kier molecular flexibility index (Phi) is 6.03. The topological polar surface area (TPSA) is 105 Å². The Balaban J connectivity index is 2.40. The van der Waals surface area contributed by atoms with Crippen LogP contribution in [0.2, 0.25) is 0 Å². The fourth-order valence-corrected chi connectivity index (χ4v) is 2.72. The number of hydrogen-bond acceptors (Lipinski definition) is 5. The van der Waals surface area contributed by atoms with Crippen LogP contribution in [-0.4, -0.2) is 17.9 Å². The molecule has 2 aromatic carbocycles. The fourth-order valence-electron chi connectivity index (χ4n) is 2.09. The molecule has 1 N–H and O–H groups in total. The minimum absolute atomic E-state index is 0.0152. The second kappa shape index (κ2) is 8.22. The molecular weight excluding hydrogens is 409 g/mol. The summed E-state index contributed by atoms with van der Waals surface area (Å²) in [5.74, 6) is -1.48. The van der Waals surface area contributed by atoms with Crippen LogP contribution >= 0.6 is 15.9 Å². The highest BCUT2D eigenvalue weighted by molar-refractivity contribution is 9.10. The number of nitrogens with zero attached hydrogens (tertiary/aromatic N) is 2. The van der Waals surface area contributed by atoms with Crippen molar-refractivity contribution in [2.45, 2.75) is 0 Å². The Morgan fingerprint density at radius 3 is 2.69 bits per heavy atom. The van der Waals surface area contributed by atoms with Gasteiger partial charge in [-0.05, 0) is 45.8 Å². The van der Waals surface area contributed by atoms with E-state index in [9.17, 15) is 24.6 Å². The number of anilines is 1. The molecule has 26 heavy (non-hydrogen) atoms. The van der Waals surface area contributed by atoms with E-state index >= 15 is 0 Å². The molecule has 0 atom stereocenters. The lowest BCUT2D eigenvalue weighted by atomic mass is 10.1. The molecule has 132 valence electrons. The highest BCUT2D eigenvalue weighted by Crippen LogP contribution is 2.36. The smallest absolute Gasteiger partial charge is 0.312 e. The number of halogens is 2. The molecule has 0 aliphatic carbocycles. The van der Waals surface area contributed by atoms with E-state index in [1.807, 2.05) is 0 Å². The van der Waals surface area contributed by atoms with Gasteiger partial charge in [-0.1, -0.05) is 12.1 Å². The molecule has 2 aromatic rings. The monoisotopic (exact) mass is 419 g/mol. The number of nitrogens with one attached hydrogen (secondary N) is 1. The highest BCUT2D eigenvalue weighted by atomic mass is 79.9. The number of methoxy groups -OCH3 is 1. The van der Waals surface area contributed by atoms with Crippen LogP contribution in [0.25, 0.3) is 6.08 Å². The normalized spacial score (nSPS) is 10.8. The third-order valence-electron chi connectivity index (χ3n) is 3.25. The van der Waals surface area contributed by atoms with Crippen LogP contribution < -0.4 is 10.1 Å². The number of benzene rings is 2. The molecule has 0 spiro atoms. The molecular formula is C17H11BrFN3O4. The van der Waals surface area contributed by atoms with Crippen LogP contribution in [0.3, 0.4) is 0 Å². The van der Waals surface area contributed by atoms with Gasteiger partial charge < -0.3 is 10.1 Å². The summed E-state index contributed by atoms with van der Waals surface area (Å²) in [6, 6.07) is 9.81. The van der Waals surface area contributed by atoms with Crippen molar-refractivity contribution in [2.75, 3.05) is 12.4 Å². The maximum Gasteiger partial charge on any atom is 0.312 e. The number of rotatable bonds is 5. The molecule has 0 heterocycles. The summed E-state index contributed by atoms with van der Waals surface area (Å²) in [6.45, 7) is 0. The first-order valence-corrected chi connectivity index (χ1v) is 7.86. The van der Waals surface area contributed by atoms with Crippen molar-refractivity contribution in [2.24, 2.45) is 0 Å². The zero-order chi connectivity index (χ0) is 19.3.